The van der Waals surface area contributed by atoms with Crippen molar-refractivity contribution in [1.82, 2.24) is 4.90 Å². The SMILES string of the molecule is Cc1cc(F)ccc1C(=O)N(CCCl)C(C)C. The Morgan fingerprint density at radius 2 is 2.12 bits per heavy atom. The standard InChI is InChI=1S/C13H17ClFNO/c1-9(2)16(7-6-14)13(17)12-5-4-11(15)8-10(12)3/h4-5,8-9H,6-7H2,1-3H3. The summed E-state index contributed by atoms with van der Waals surface area (Å²) in [6.45, 7) is 6.09. The number of hydrogen-bond donors (Lipinski definition) is 0. The highest BCUT2D eigenvalue weighted by Gasteiger charge is 2.19. The second-order valence-corrected chi connectivity index (χ2v) is 4.62. The predicted molar refractivity (Wildman–Crippen MR) is 68.0 cm³/mol. The predicted octanol–water partition coefficient (Wildman–Crippen LogP) is 3.22. The summed E-state index contributed by atoms with van der Waals surface area (Å²) in [6, 6.07) is 4.27. The summed E-state index contributed by atoms with van der Waals surface area (Å²) >= 11 is 5.68. The van der Waals surface area contributed by atoms with Crippen LogP contribution in [-0.2, 0) is 0 Å². The fourth-order valence-corrected chi connectivity index (χ4v) is 1.89. The van der Waals surface area contributed by atoms with Crippen molar-refractivity contribution in [3.05, 3.63) is 35.1 Å². The van der Waals surface area contributed by atoms with E-state index in [2.05, 4.69) is 0 Å². The quantitative estimate of drug-likeness (QED) is 0.759. The molecule has 1 aromatic carbocycles. The smallest absolute Gasteiger partial charge is 0.254 e. The zero-order valence-electron chi connectivity index (χ0n) is 10.3. The molecule has 0 N–H and O–H groups in total. The van der Waals surface area contributed by atoms with E-state index in [9.17, 15) is 9.18 Å². The highest BCUT2D eigenvalue weighted by atomic mass is 35.5. The third-order valence-electron chi connectivity index (χ3n) is 2.63. The molecule has 0 bridgehead atoms. The van der Waals surface area contributed by atoms with E-state index in [0.29, 0.717) is 23.6 Å². The van der Waals surface area contributed by atoms with Gasteiger partial charge in [-0.2, -0.15) is 0 Å². The van der Waals surface area contributed by atoms with Crippen LogP contribution in [0.1, 0.15) is 29.8 Å². The summed E-state index contributed by atoms with van der Waals surface area (Å²) < 4.78 is 13.0. The molecule has 0 aromatic heterocycles. The van der Waals surface area contributed by atoms with Crippen LogP contribution in [0.15, 0.2) is 18.2 Å². The average molecular weight is 258 g/mol. The van der Waals surface area contributed by atoms with Crippen LogP contribution >= 0.6 is 11.6 Å². The molecule has 2 nitrogen and oxygen atoms in total. The normalized spacial score (nSPS) is 10.7. The first kappa shape index (κ1) is 14.0. The van der Waals surface area contributed by atoms with Crippen molar-refractivity contribution in [3.63, 3.8) is 0 Å². The van der Waals surface area contributed by atoms with Gasteiger partial charge in [0.2, 0.25) is 0 Å². The second-order valence-electron chi connectivity index (χ2n) is 4.24. The molecule has 1 aromatic rings. The fourth-order valence-electron chi connectivity index (χ4n) is 1.71. The lowest BCUT2D eigenvalue weighted by Gasteiger charge is -2.26. The van der Waals surface area contributed by atoms with Gasteiger partial charge in [0.05, 0.1) is 0 Å². The molecule has 0 atom stereocenters. The Balaban J connectivity index is 3.01. The van der Waals surface area contributed by atoms with Crippen LogP contribution in [0.3, 0.4) is 0 Å². The lowest BCUT2D eigenvalue weighted by Crippen LogP contribution is -2.38. The molecule has 0 heterocycles. The molecule has 94 valence electrons. The minimum absolute atomic E-state index is 0.0747. The van der Waals surface area contributed by atoms with E-state index in [0.717, 1.165) is 0 Å². The Morgan fingerprint density at radius 3 is 2.59 bits per heavy atom. The number of alkyl halides is 1. The fraction of sp³-hybridized carbons (Fsp3) is 0.462. The molecule has 17 heavy (non-hydrogen) atoms. The topological polar surface area (TPSA) is 20.3 Å². The van der Waals surface area contributed by atoms with Gasteiger partial charge in [0.25, 0.3) is 5.91 Å². The van der Waals surface area contributed by atoms with Crippen LogP contribution < -0.4 is 0 Å². The van der Waals surface area contributed by atoms with Crippen molar-refractivity contribution >= 4 is 17.5 Å². The van der Waals surface area contributed by atoms with Gasteiger partial charge in [-0.1, -0.05) is 0 Å². The molecule has 0 saturated heterocycles. The monoisotopic (exact) mass is 257 g/mol. The summed E-state index contributed by atoms with van der Waals surface area (Å²) in [5.41, 5.74) is 1.18. The highest BCUT2D eigenvalue weighted by molar-refractivity contribution is 6.18. The number of amides is 1. The number of carbonyl (C=O) groups is 1. The maximum absolute atomic E-state index is 13.0. The van der Waals surface area contributed by atoms with Crippen LogP contribution in [0.25, 0.3) is 0 Å². The van der Waals surface area contributed by atoms with E-state index < -0.39 is 0 Å². The molecule has 0 aliphatic carbocycles. The summed E-state index contributed by atoms with van der Waals surface area (Å²) in [5, 5.41) is 0. The molecular formula is C13H17ClFNO. The van der Waals surface area contributed by atoms with Crippen molar-refractivity contribution in [2.24, 2.45) is 0 Å². The number of rotatable bonds is 4. The zero-order valence-corrected chi connectivity index (χ0v) is 11.1. The minimum atomic E-state index is -0.326. The van der Waals surface area contributed by atoms with Gasteiger partial charge in [0.1, 0.15) is 5.82 Å². The molecule has 0 saturated carbocycles. The van der Waals surface area contributed by atoms with E-state index in [1.54, 1.807) is 11.8 Å². The molecule has 0 radical (unpaired) electrons. The van der Waals surface area contributed by atoms with Gasteiger partial charge < -0.3 is 4.90 Å². The van der Waals surface area contributed by atoms with Gasteiger partial charge in [-0.3, -0.25) is 4.79 Å². The van der Waals surface area contributed by atoms with Crippen molar-refractivity contribution in [2.75, 3.05) is 12.4 Å². The minimum Gasteiger partial charge on any atom is -0.335 e. The Morgan fingerprint density at radius 1 is 1.47 bits per heavy atom. The molecule has 0 aliphatic rings. The maximum atomic E-state index is 13.0. The van der Waals surface area contributed by atoms with Crippen LogP contribution in [0, 0.1) is 12.7 Å². The zero-order chi connectivity index (χ0) is 13.0. The van der Waals surface area contributed by atoms with Crippen LogP contribution in [0.4, 0.5) is 4.39 Å². The maximum Gasteiger partial charge on any atom is 0.254 e. The van der Waals surface area contributed by atoms with Gasteiger partial charge in [0, 0.05) is 24.0 Å². The number of carbonyl (C=O) groups excluding carboxylic acids is 1. The lowest BCUT2D eigenvalue weighted by molar-refractivity contribution is 0.0717. The van der Waals surface area contributed by atoms with Crippen LogP contribution in [0.2, 0.25) is 0 Å². The number of aryl methyl sites for hydroxylation is 1. The summed E-state index contributed by atoms with van der Waals surface area (Å²) in [5.74, 6) is -0.0323. The number of benzene rings is 1. The van der Waals surface area contributed by atoms with Crippen molar-refractivity contribution in [2.45, 2.75) is 26.8 Å². The van der Waals surface area contributed by atoms with Crippen molar-refractivity contribution in [1.29, 1.82) is 0 Å². The molecule has 0 fully saturated rings. The molecular weight excluding hydrogens is 241 g/mol. The molecule has 0 spiro atoms. The van der Waals surface area contributed by atoms with E-state index in [-0.39, 0.29) is 17.8 Å². The third-order valence-corrected chi connectivity index (χ3v) is 2.80. The van der Waals surface area contributed by atoms with E-state index >= 15 is 0 Å². The number of halogens is 2. The molecule has 0 unspecified atom stereocenters. The third kappa shape index (κ3) is 3.43. The van der Waals surface area contributed by atoms with Gasteiger partial charge in [-0.05, 0) is 44.5 Å². The van der Waals surface area contributed by atoms with Gasteiger partial charge in [-0.15, -0.1) is 11.6 Å². The van der Waals surface area contributed by atoms with Crippen LogP contribution in [0.5, 0.6) is 0 Å². The van der Waals surface area contributed by atoms with Gasteiger partial charge >= 0.3 is 0 Å². The molecule has 0 aliphatic heterocycles. The Hall–Kier alpha value is -1.09. The first-order chi connectivity index (χ1) is 7.97. The number of nitrogens with zero attached hydrogens (tertiary/aromatic N) is 1. The van der Waals surface area contributed by atoms with E-state index in [4.69, 9.17) is 11.6 Å². The first-order valence-corrected chi connectivity index (χ1v) is 6.14. The summed E-state index contributed by atoms with van der Waals surface area (Å²) in [4.78, 5) is 13.9. The number of hydrogen-bond acceptors (Lipinski definition) is 1. The van der Waals surface area contributed by atoms with Gasteiger partial charge in [-0.25, -0.2) is 4.39 Å². The first-order valence-electron chi connectivity index (χ1n) is 5.60. The Kier molecular flexibility index (Phi) is 4.94. The summed E-state index contributed by atoms with van der Waals surface area (Å²) in [7, 11) is 0. The van der Waals surface area contributed by atoms with Crippen molar-refractivity contribution in [3.8, 4) is 0 Å². The van der Waals surface area contributed by atoms with Crippen molar-refractivity contribution < 1.29 is 9.18 Å². The Bertz CT molecular complexity index is 406. The summed E-state index contributed by atoms with van der Waals surface area (Å²) in [6.07, 6.45) is 0. The van der Waals surface area contributed by atoms with E-state index in [1.807, 2.05) is 13.8 Å². The molecule has 1 amide bonds. The van der Waals surface area contributed by atoms with Crippen LogP contribution in [-0.4, -0.2) is 29.3 Å². The highest BCUT2D eigenvalue weighted by Crippen LogP contribution is 2.14. The Labute approximate surface area is 106 Å². The van der Waals surface area contributed by atoms with Gasteiger partial charge in [0.15, 0.2) is 0 Å². The lowest BCUT2D eigenvalue weighted by atomic mass is 10.1. The second kappa shape index (κ2) is 6.01. The largest absolute Gasteiger partial charge is 0.335 e. The average Bonchev–Trinajstić information content (AvgIpc) is 2.24. The molecule has 1 rings (SSSR count). The van der Waals surface area contributed by atoms with E-state index in [1.165, 1.54) is 18.2 Å². The molecule has 4 heteroatoms.